The zero-order valence-corrected chi connectivity index (χ0v) is 13.0. The molecule has 6 heteroatoms. The number of aromatic nitrogens is 1. The molecule has 1 atom stereocenters. The van der Waals surface area contributed by atoms with Crippen molar-refractivity contribution in [2.75, 3.05) is 18.4 Å². The summed E-state index contributed by atoms with van der Waals surface area (Å²) in [6, 6.07) is 1.66. The molecule has 108 valence electrons. The predicted molar refractivity (Wildman–Crippen MR) is 80.7 cm³/mol. The van der Waals surface area contributed by atoms with Crippen LogP contribution < -0.4 is 16.2 Å². The highest BCUT2D eigenvalue weighted by molar-refractivity contribution is 9.10. The predicted octanol–water partition coefficient (Wildman–Crippen LogP) is 1.48. The molecule has 1 spiro atoms. The molecule has 2 aliphatic rings. The van der Waals surface area contributed by atoms with Crippen LogP contribution >= 0.6 is 15.9 Å². The Morgan fingerprint density at radius 1 is 1.50 bits per heavy atom. The average Bonchev–Trinajstić information content (AvgIpc) is 3.10. The molecule has 1 unspecified atom stereocenters. The third-order valence-electron chi connectivity index (χ3n) is 4.51. The number of anilines is 1. The number of carbonyl (C=O) groups excluding carboxylic acids is 1. The number of rotatable bonds is 2. The number of nitrogens with one attached hydrogen (secondary N) is 2. The second-order valence-electron chi connectivity index (χ2n) is 5.85. The van der Waals surface area contributed by atoms with Gasteiger partial charge in [0.15, 0.2) is 0 Å². The van der Waals surface area contributed by atoms with Crippen molar-refractivity contribution in [3.63, 3.8) is 0 Å². The van der Waals surface area contributed by atoms with Crippen molar-refractivity contribution in [3.8, 4) is 0 Å². The van der Waals surface area contributed by atoms with Crippen LogP contribution in [-0.4, -0.2) is 23.6 Å². The van der Waals surface area contributed by atoms with E-state index in [0.717, 1.165) is 32.4 Å². The fourth-order valence-electron chi connectivity index (χ4n) is 3.16. The van der Waals surface area contributed by atoms with Gasteiger partial charge in [-0.15, -0.1) is 0 Å². The first-order valence-electron chi connectivity index (χ1n) is 6.90. The van der Waals surface area contributed by atoms with Crippen LogP contribution in [0, 0.1) is 11.3 Å². The maximum absolute atomic E-state index is 12.3. The van der Waals surface area contributed by atoms with Crippen LogP contribution in [0.5, 0.6) is 0 Å². The van der Waals surface area contributed by atoms with Gasteiger partial charge in [-0.25, -0.2) is 0 Å². The summed E-state index contributed by atoms with van der Waals surface area (Å²) in [5.74, 6) is 0.207. The van der Waals surface area contributed by atoms with E-state index in [1.807, 2.05) is 0 Å². The summed E-state index contributed by atoms with van der Waals surface area (Å²) >= 11 is 3.22. The zero-order valence-electron chi connectivity index (χ0n) is 11.4. The Morgan fingerprint density at radius 3 is 2.85 bits per heavy atom. The van der Waals surface area contributed by atoms with Gasteiger partial charge in [-0.2, -0.15) is 0 Å². The molecule has 1 aromatic heterocycles. The van der Waals surface area contributed by atoms with Crippen LogP contribution in [0.3, 0.4) is 0 Å². The van der Waals surface area contributed by atoms with Gasteiger partial charge < -0.3 is 15.2 Å². The molecule has 3 rings (SSSR count). The molecule has 2 fully saturated rings. The molecule has 2 heterocycles. The minimum Gasteiger partial charge on any atom is -0.324 e. The number of amides is 1. The summed E-state index contributed by atoms with van der Waals surface area (Å²) in [5, 5.41) is 6.27. The topological polar surface area (TPSA) is 63.1 Å². The van der Waals surface area contributed by atoms with Crippen molar-refractivity contribution >= 4 is 27.5 Å². The molecule has 0 radical (unpaired) electrons. The summed E-state index contributed by atoms with van der Waals surface area (Å²) in [7, 11) is 1.67. The van der Waals surface area contributed by atoms with Gasteiger partial charge in [-0.1, -0.05) is 0 Å². The van der Waals surface area contributed by atoms with Gasteiger partial charge in [0.05, 0.1) is 10.2 Å². The van der Waals surface area contributed by atoms with E-state index in [9.17, 15) is 9.59 Å². The lowest BCUT2D eigenvalue weighted by Gasteiger charge is -2.23. The van der Waals surface area contributed by atoms with Crippen molar-refractivity contribution < 1.29 is 4.79 Å². The van der Waals surface area contributed by atoms with Crippen LogP contribution in [0.1, 0.15) is 19.3 Å². The molecule has 1 saturated carbocycles. The van der Waals surface area contributed by atoms with Crippen LogP contribution in [0.15, 0.2) is 21.5 Å². The molecule has 1 saturated heterocycles. The largest absolute Gasteiger partial charge is 0.324 e. The maximum Gasteiger partial charge on any atom is 0.264 e. The standard InChI is InChI=1S/C14H18BrN3O2/c1-18-8-9(6-11(15)13(18)20)17-12(19)10-7-14(10)2-4-16-5-3-14/h6,8,10,16H,2-5,7H2,1H3,(H,17,19). The molecular formula is C14H18BrN3O2. The second kappa shape index (κ2) is 5.00. The van der Waals surface area contributed by atoms with E-state index in [1.54, 1.807) is 19.3 Å². The normalized spacial score (nSPS) is 23.6. The first-order chi connectivity index (χ1) is 9.52. The van der Waals surface area contributed by atoms with Crippen LogP contribution in [-0.2, 0) is 11.8 Å². The van der Waals surface area contributed by atoms with Crippen LogP contribution in [0.25, 0.3) is 0 Å². The third kappa shape index (κ3) is 2.42. The Balaban J connectivity index is 1.70. The molecule has 20 heavy (non-hydrogen) atoms. The SMILES string of the molecule is Cn1cc(NC(=O)C2CC23CCNCC3)cc(Br)c1=O. The number of hydrogen-bond donors (Lipinski definition) is 2. The Kier molecular flexibility index (Phi) is 3.46. The Hall–Kier alpha value is -1.14. The van der Waals surface area contributed by atoms with Gasteiger partial charge in [0.2, 0.25) is 5.91 Å². The Labute approximate surface area is 125 Å². The Bertz CT molecular complexity index is 579. The zero-order chi connectivity index (χ0) is 14.3. The van der Waals surface area contributed by atoms with Crippen molar-refractivity contribution in [2.45, 2.75) is 19.3 Å². The molecular weight excluding hydrogens is 322 g/mol. The van der Waals surface area contributed by atoms with Gasteiger partial charge >= 0.3 is 0 Å². The van der Waals surface area contributed by atoms with Gasteiger partial charge in [-0.05, 0) is 59.8 Å². The summed E-state index contributed by atoms with van der Waals surface area (Å²) in [6.45, 7) is 2.02. The summed E-state index contributed by atoms with van der Waals surface area (Å²) in [5.41, 5.74) is 0.789. The minimum atomic E-state index is -0.107. The fraction of sp³-hybridized carbons (Fsp3) is 0.571. The lowest BCUT2D eigenvalue weighted by atomic mass is 9.92. The quantitative estimate of drug-likeness (QED) is 0.857. The first-order valence-corrected chi connectivity index (χ1v) is 7.69. The maximum atomic E-state index is 12.3. The van der Waals surface area contributed by atoms with Gasteiger partial charge in [0.1, 0.15) is 0 Å². The number of pyridine rings is 1. The number of piperidine rings is 1. The van der Waals surface area contributed by atoms with E-state index in [0.29, 0.717) is 10.2 Å². The van der Waals surface area contributed by atoms with E-state index >= 15 is 0 Å². The minimum absolute atomic E-state index is 0.0810. The molecule has 1 aliphatic carbocycles. The molecule has 1 amide bonds. The lowest BCUT2D eigenvalue weighted by molar-refractivity contribution is -0.118. The summed E-state index contributed by atoms with van der Waals surface area (Å²) in [6.07, 6.45) is 4.82. The van der Waals surface area contributed by atoms with E-state index in [4.69, 9.17) is 0 Å². The molecule has 1 aromatic rings. The second-order valence-corrected chi connectivity index (χ2v) is 6.71. The van der Waals surface area contributed by atoms with Gasteiger partial charge in [-0.3, -0.25) is 9.59 Å². The number of aryl methyl sites for hydroxylation is 1. The summed E-state index contributed by atoms with van der Waals surface area (Å²) in [4.78, 5) is 23.9. The third-order valence-corrected chi connectivity index (χ3v) is 5.08. The van der Waals surface area contributed by atoms with Crippen molar-refractivity contribution in [2.24, 2.45) is 18.4 Å². The molecule has 0 bridgehead atoms. The highest BCUT2D eigenvalue weighted by atomic mass is 79.9. The van der Waals surface area contributed by atoms with Crippen molar-refractivity contribution in [1.29, 1.82) is 0 Å². The first kappa shape index (κ1) is 13.8. The van der Waals surface area contributed by atoms with E-state index < -0.39 is 0 Å². The van der Waals surface area contributed by atoms with Crippen LogP contribution in [0.4, 0.5) is 5.69 Å². The molecule has 5 nitrogen and oxygen atoms in total. The van der Waals surface area contributed by atoms with E-state index in [-0.39, 0.29) is 22.8 Å². The van der Waals surface area contributed by atoms with Crippen molar-refractivity contribution in [1.82, 2.24) is 9.88 Å². The average molecular weight is 340 g/mol. The number of halogens is 1. The van der Waals surface area contributed by atoms with E-state index in [2.05, 4.69) is 26.6 Å². The molecule has 0 aromatic carbocycles. The molecule has 2 N–H and O–H groups in total. The summed E-state index contributed by atoms with van der Waals surface area (Å²) < 4.78 is 1.93. The lowest BCUT2D eigenvalue weighted by Crippen LogP contribution is -2.31. The highest BCUT2D eigenvalue weighted by Crippen LogP contribution is 2.58. The monoisotopic (exact) mass is 339 g/mol. The molecule has 1 aliphatic heterocycles. The van der Waals surface area contributed by atoms with Crippen LogP contribution in [0.2, 0.25) is 0 Å². The van der Waals surface area contributed by atoms with Crippen molar-refractivity contribution in [3.05, 3.63) is 27.1 Å². The van der Waals surface area contributed by atoms with Gasteiger partial charge in [0, 0.05) is 19.2 Å². The number of nitrogens with zero attached hydrogens (tertiary/aromatic N) is 1. The smallest absolute Gasteiger partial charge is 0.264 e. The van der Waals surface area contributed by atoms with Gasteiger partial charge in [0.25, 0.3) is 5.56 Å². The fourth-order valence-corrected chi connectivity index (χ4v) is 3.69. The highest BCUT2D eigenvalue weighted by Gasteiger charge is 2.57. The van der Waals surface area contributed by atoms with E-state index in [1.165, 1.54) is 4.57 Å². The Morgan fingerprint density at radius 2 is 2.20 bits per heavy atom. The number of hydrogen-bond acceptors (Lipinski definition) is 3. The number of carbonyl (C=O) groups is 1.